The van der Waals surface area contributed by atoms with Gasteiger partial charge in [0.1, 0.15) is 12.6 Å². The summed E-state index contributed by atoms with van der Waals surface area (Å²) in [7, 11) is -1.67. The van der Waals surface area contributed by atoms with Gasteiger partial charge in [0.15, 0.2) is 0 Å². The van der Waals surface area contributed by atoms with Crippen molar-refractivity contribution < 1.29 is 19.6 Å². The molecule has 28 heavy (non-hydrogen) atoms. The molecule has 11 heteroatoms. The van der Waals surface area contributed by atoms with Crippen molar-refractivity contribution in [2.75, 3.05) is 5.32 Å². The maximum absolute atomic E-state index is 13.0. The van der Waals surface area contributed by atoms with E-state index in [0.29, 0.717) is 27.6 Å². The van der Waals surface area contributed by atoms with Crippen LogP contribution in [-0.2, 0) is 16.1 Å². The third-order valence-corrected chi connectivity index (χ3v) is 5.38. The minimum Gasteiger partial charge on any atom is -0.457 e. The number of esters is 1. The smallest absolute Gasteiger partial charge is 0.457 e. The number of fused-ring (bicyclic) bond motifs is 1. The van der Waals surface area contributed by atoms with Crippen molar-refractivity contribution in [2.45, 2.75) is 19.6 Å². The number of nitrogens with zero attached hydrogens (tertiary/aromatic N) is 4. The van der Waals surface area contributed by atoms with Gasteiger partial charge in [-0.2, -0.15) is 16.0 Å². The van der Waals surface area contributed by atoms with Crippen molar-refractivity contribution in [3.05, 3.63) is 64.2 Å². The van der Waals surface area contributed by atoms with Crippen LogP contribution in [-0.4, -0.2) is 43.3 Å². The zero-order valence-corrected chi connectivity index (χ0v) is 15.6. The van der Waals surface area contributed by atoms with E-state index in [-0.39, 0.29) is 6.61 Å². The van der Waals surface area contributed by atoms with Gasteiger partial charge in [0.25, 0.3) is 0 Å². The van der Waals surface area contributed by atoms with Gasteiger partial charge >= 0.3 is 13.1 Å². The van der Waals surface area contributed by atoms with Gasteiger partial charge in [0.2, 0.25) is 5.95 Å². The SMILES string of the molecule is CC1=C(C(=O)OCc2ccccc2)C(c2ccsc2B(O)O)n2nnnc2N1. The Labute approximate surface area is 164 Å². The molecule has 3 heterocycles. The number of rotatable bonds is 5. The Kier molecular flexibility index (Phi) is 4.94. The van der Waals surface area contributed by atoms with Crippen LogP contribution in [0.25, 0.3) is 0 Å². The summed E-state index contributed by atoms with van der Waals surface area (Å²) in [4.78, 5) is 13.0. The van der Waals surface area contributed by atoms with Crippen molar-refractivity contribution in [3.63, 3.8) is 0 Å². The first kappa shape index (κ1) is 18.4. The highest BCUT2D eigenvalue weighted by Gasteiger charge is 2.38. The van der Waals surface area contributed by atoms with Crippen LogP contribution < -0.4 is 10.1 Å². The number of carbonyl (C=O) groups is 1. The van der Waals surface area contributed by atoms with Gasteiger partial charge < -0.3 is 20.1 Å². The molecule has 9 nitrogen and oxygen atoms in total. The van der Waals surface area contributed by atoms with Gasteiger partial charge in [0.05, 0.1) is 5.57 Å². The molecule has 1 unspecified atom stereocenters. The molecule has 0 saturated carbocycles. The Morgan fingerprint density at radius 1 is 1.32 bits per heavy atom. The third-order valence-electron chi connectivity index (χ3n) is 4.40. The second-order valence-electron chi connectivity index (χ2n) is 6.19. The number of anilines is 1. The molecule has 0 saturated heterocycles. The summed E-state index contributed by atoms with van der Waals surface area (Å²) in [5, 5.41) is 35.7. The second kappa shape index (κ2) is 7.54. The largest absolute Gasteiger partial charge is 0.499 e. The lowest BCUT2D eigenvalue weighted by molar-refractivity contribution is -0.140. The topological polar surface area (TPSA) is 122 Å². The average molecular weight is 397 g/mol. The molecule has 4 rings (SSSR count). The summed E-state index contributed by atoms with van der Waals surface area (Å²) >= 11 is 1.18. The Balaban J connectivity index is 1.71. The maximum atomic E-state index is 13.0. The van der Waals surface area contributed by atoms with Crippen molar-refractivity contribution >= 4 is 35.1 Å². The van der Waals surface area contributed by atoms with Gasteiger partial charge in [-0.15, -0.1) is 0 Å². The van der Waals surface area contributed by atoms with Crippen molar-refractivity contribution in [1.29, 1.82) is 0 Å². The molecule has 1 atom stereocenters. The zero-order chi connectivity index (χ0) is 19.7. The van der Waals surface area contributed by atoms with Crippen LogP contribution in [0.2, 0.25) is 0 Å². The molecule has 142 valence electrons. The fourth-order valence-corrected chi connectivity index (χ4v) is 3.93. The summed E-state index contributed by atoms with van der Waals surface area (Å²) in [6.07, 6.45) is 0. The molecule has 0 fully saturated rings. The highest BCUT2D eigenvalue weighted by molar-refractivity contribution is 7.20. The third kappa shape index (κ3) is 3.30. The molecule has 1 aliphatic rings. The summed E-state index contributed by atoms with van der Waals surface area (Å²) in [6, 6.07) is 10.3. The van der Waals surface area contributed by atoms with Crippen LogP contribution >= 0.6 is 11.3 Å². The number of allylic oxidation sites excluding steroid dienone is 1. The number of carbonyl (C=O) groups excluding carboxylic acids is 1. The average Bonchev–Trinajstić information content (AvgIpc) is 3.35. The molecule has 0 radical (unpaired) electrons. The summed E-state index contributed by atoms with van der Waals surface area (Å²) < 4.78 is 7.26. The molecule has 0 amide bonds. The lowest BCUT2D eigenvalue weighted by Gasteiger charge is -2.27. The van der Waals surface area contributed by atoms with Crippen molar-refractivity contribution in [2.24, 2.45) is 0 Å². The van der Waals surface area contributed by atoms with E-state index in [0.717, 1.165) is 5.56 Å². The highest BCUT2D eigenvalue weighted by Crippen LogP contribution is 2.35. The fourth-order valence-electron chi connectivity index (χ4n) is 3.13. The first-order valence-electron chi connectivity index (χ1n) is 8.46. The van der Waals surface area contributed by atoms with Gasteiger partial charge in [-0.3, -0.25) is 0 Å². The van der Waals surface area contributed by atoms with Crippen molar-refractivity contribution in [1.82, 2.24) is 20.2 Å². The van der Waals surface area contributed by atoms with Gasteiger partial charge in [-0.1, -0.05) is 35.4 Å². The van der Waals surface area contributed by atoms with E-state index in [1.54, 1.807) is 18.4 Å². The minimum atomic E-state index is -1.67. The van der Waals surface area contributed by atoms with E-state index in [9.17, 15) is 14.8 Å². The summed E-state index contributed by atoms with van der Waals surface area (Å²) in [5.41, 5.74) is 2.23. The molecule has 2 aromatic heterocycles. The molecule has 0 aliphatic carbocycles. The molecular formula is C17H16BN5O4S. The first-order chi connectivity index (χ1) is 13.6. The number of aromatic nitrogens is 4. The minimum absolute atomic E-state index is 0.116. The van der Waals surface area contributed by atoms with E-state index in [4.69, 9.17) is 4.74 Å². The van der Waals surface area contributed by atoms with Crippen LogP contribution in [0.3, 0.4) is 0 Å². The monoisotopic (exact) mass is 397 g/mol. The molecule has 3 aromatic rings. The Hall–Kier alpha value is -3.02. The van der Waals surface area contributed by atoms with E-state index in [1.165, 1.54) is 16.0 Å². The van der Waals surface area contributed by atoms with E-state index in [2.05, 4.69) is 20.8 Å². The number of hydrogen-bond acceptors (Lipinski definition) is 9. The molecule has 1 aliphatic heterocycles. The lowest BCUT2D eigenvalue weighted by Crippen LogP contribution is -2.36. The van der Waals surface area contributed by atoms with Crippen LogP contribution in [0, 0.1) is 0 Å². The van der Waals surface area contributed by atoms with Crippen LogP contribution in [0.5, 0.6) is 0 Å². The zero-order valence-electron chi connectivity index (χ0n) is 14.8. The lowest BCUT2D eigenvalue weighted by atomic mass is 9.82. The molecular weight excluding hydrogens is 381 g/mol. The van der Waals surface area contributed by atoms with Crippen LogP contribution in [0.4, 0.5) is 5.95 Å². The maximum Gasteiger partial charge on any atom is 0.499 e. The van der Waals surface area contributed by atoms with Gasteiger partial charge in [-0.25, -0.2) is 4.79 Å². The molecule has 0 spiro atoms. The molecule has 1 aromatic carbocycles. The van der Waals surface area contributed by atoms with Gasteiger partial charge in [0, 0.05) is 10.5 Å². The number of benzene rings is 1. The number of ether oxygens (including phenoxy) is 1. The summed E-state index contributed by atoms with van der Waals surface area (Å²) in [6.45, 7) is 1.84. The predicted octanol–water partition coefficient (Wildman–Crippen LogP) is 0.447. The van der Waals surface area contributed by atoms with E-state index >= 15 is 0 Å². The van der Waals surface area contributed by atoms with E-state index < -0.39 is 19.1 Å². The Morgan fingerprint density at radius 3 is 2.86 bits per heavy atom. The Bertz CT molecular complexity index is 1030. The quantitative estimate of drug-likeness (QED) is 0.419. The van der Waals surface area contributed by atoms with Crippen molar-refractivity contribution in [3.8, 4) is 0 Å². The highest BCUT2D eigenvalue weighted by atomic mass is 32.1. The van der Waals surface area contributed by atoms with Gasteiger partial charge in [-0.05, 0) is 39.9 Å². The number of hydrogen-bond donors (Lipinski definition) is 3. The van der Waals surface area contributed by atoms with Crippen LogP contribution in [0.1, 0.15) is 24.1 Å². The standard InChI is InChI=1S/C17H16BN5O4S/c1-10-13(16(24)27-9-11-5-3-2-4-6-11)14(23-17(19-10)20-21-22-23)12-7-8-28-15(12)18(25)26/h2-8,14,25-26H,9H2,1H3,(H,19,20,22). The fraction of sp³-hybridized carbons (Fsp3) is 0.176. The summed E-state index contributed by atoms with van der Waals surface area (Å²) in [5.74, 6) is -0.184. The van der Waals surface area contributed by atoms with Crippen LogP contribution in [0.15, 0.2) is 53.0 Å². The first-order valence-corrected chi connectivity index (χ1v) is 9.34. The Morgan fingerprint density at radius 2 is 2.11 bits per heavy atom. The van der Waals surface area contributed by atoms with E-state index in [1.807, 2.05) is 30.3 Å². The molecule has 0 bridgehead atoms. The predicted molar refractivity (Wildman–Crippen MR) is 103 cm³/mol. The second-order valence-corrected chi connectivity index (χ2v) is 7.14. The molecule has 3 N–H and O–H groups in total. The number of nitrogens with one attached hydrogen (secondary N) is 1. The normalized spacial score (nSPS) is 15.8. The number of thiophene rings is 1. The number of tetrazole rings is 1.